The van der Waals surface area contributed by atoms with Gasteiger partial charge in [-0.2, -0.15) is 13.2 Å². The number of halogens is 4. The van der Waals surface area contributed by atoms with E-state index in [0.717, 1.165) is 18.2 Å². The normalized spacial score (nSPS) is 15.5. The highest BCUT2D eigenvalue weighted by Gasteiger charge is 2.32. The lowest BCUT2D eigenvalue weighted by Crippen LogP contribution is -2.26. The van der Waals surface area contributed by atoms with Gasteiger partial charge < -0.3 is 10.8 Å². The number of benzene rings is 1. The van der Waals surface area contributed by atoms with Crippen molar-refractivity contribution in [1.82, 2.24) is 0 Å². The number of aliphatic hydroxyl groups excluding tert-OH is 1. The average molecular weight is 282 g/mol. The predicted octanol–water partition coefficient (Wildman–Crippen LogP) is 3.52. The third-order valence-corrected chi connectivity index (χ3v) is 3.03. The van der Waals surface area contributed by atoms with Crippen LogP contribution in [0.5, 0.6) is 0 Å². The molecule has 0 saturated carbocycles. The minimum atomic E-state index is -4.45. The maximum Gasteiger partial charge on any atom is 0.416 e. The molecule has 0 fully saturated rings. The summed E-state index contributed by atoms with van der Waals surface area (Å²) in [6.45, 7) is 1.85. The molecular formula is C12H15ClF3NO. The summed E-state index contributed by atoms with van der Waals surface area (Å²) in [6.07, 6.45) is -4.26. The van der Waals surface area contributed by atoms with Crippen LogP contribution in [0.4, 0.5) is 13.2 Å². The second-order valence-electron chi connectivity index (χ2n) is 4.12. The topological polar surface area (TPSA) is 46.2 Å². The molecule has 0 aliphatic rings. The largest absolute Gasteiger partial charge is 0.416 e. The maximum atomic E-state index is 12.6. The number of alkyl halides is 3. The second kappa shape index (κ2) is 5.91. The molecular weight excluding hydrogens is 267 g/mol. The monoisotopic (exact) mass is 281 g/mol. The Morgan fingerprint density at radius 3 is 2.50 bits per heavy atom. The summed E-state index contributed by atoms with van der Waals surface area (Å²) >= 11 is 5.83. The number of nitrogens with two attached hydrogens (primary N) is 1. The number of aliphatic hydroxyl groups is 1. The molecule has 0 aromatic heterocycles. The van der Waals surface area contributed by atoms with Gasteiger partial charge in [-0.3, -0.25) is 0 Å². The SMILES string of the molecule is CCC[C@@H](O)[C@@H](N)c1cc(C(F)(F)F)ccc1Cl. The lowest BCUT2D eigenvalue weighted by atomic mass is 9.97. The van der Waals surface area contributed by atoms with Crippen molar-refractivity contribution in [3.05, 3.63) is 34.3 Å². The fourth-order valence-corrected chi connectivity index (χ4v) is 1.90. The molecule has 2 nitrogen and oxygen atoms in total. The summed E-state index contributed by atoms with van der Waals surface area (Å²) in [7, 11) is 0. The molecule has 6 heteroatoms. The van der Waals surface area contributed by atoms with E-state index in [1.54, 1.807) is 0 Å². The highest BCUT2D eigenvalue weighted by molar-refractivity contribution is 6.31. The van der Waals surface area contributed by atoms with Crippen molar-refractivity contribution in [3.8, 4) is 0 Å². The molecule has 0 unspecified atom stereocenters. The van der Waals surface area contributed by atoms with Gasteiger partial charge in [0.1, 0.15) is 0 Å². The first-order valence-corrected chi connectivity index (χ1v) is 5.95. The van der Waals surface area contributed by atoms with Crippen LogP contribution in [0, 0.1) is 0 Å². The molecule has 3 N–H and O–H groups in total. The van der Waals surface area contributed by atoms with Crippen LogP contribution in [0.1, 0.15) is 36.9 Å². The molecule has 0 spiro atoms. The fraction of sp³-hybridized carbons (Fsp3) is 0.500. The smallest absolute Gasteiger partial charge is 0.391 e. The molecule has 18 heavy (non-hydrogen) atoms. The van der Waals surface area contributed by atoms with Crippen molar-refractivity contribution in [2.45, 2.75) is 38.1 Å². The third-order valence-electron chi connectivity index (χ3n) is 2.68. The quantitative estimate of drug-likeness (QED) is 0.887. The van der Waals surface area contributed by atoms with Gasteiger partial charge in [-0.15, -0.1) is 0 Å². The third kappa shape index (κ3) is 3.60. The summed E-state index contributed by atoms with van der Waals surface area (Å²) in [4.78, 5) is 0. The molecule has 1 aromatic rings. The van der Waals surface area contributed by atoms with Crippen LogP contribution in [0.3, 0.4) is 0 Å². The van der Waals surface area contributed by atoms with Gasteiger partial charge in [-0.1, -0.05) is 24.9 Å². The van der Waals surface area contributed by atoms with E-state index in [1.165, 1.54) is 0 Å². The van der Waals surface area contributed by atoms with E-state index in [2.05, 4.69) is 0 Å². The molecule has 0 amide bonds. The summed E-state index contributed by atoms with van der Waals surface area (Å²) in [5.41, 5.74) is 5.04. The Bertz CT molecular complexity index is 409. The standard InChI is InChI=1S/C12H15ClF3NO/c1-2-3-10(18)11(17)8-6-7(12(14,15)16)4-5-9(8)13/h4-6,10-11,18H,2-3,17H2,1H3/t10-,11+/m1/s1. The highest BCUT2D eigenvalue weighted by Crippen LogP contribution is 2.34. The van der Waals surface area contributed by atoms with Crippen LogP contribution < -0.4 is 5.73 Å². The van der Waals surface area contributed by atoms with Gasteiger partial charge in [0.05, 0.1) is 17.7 Å². The van der Waals surface area contributed by atoms with E-state index >= 15 is 0 Å². The van der Waals surface area contributed by atoms with Crippen molar-refractivity contribution in [1.29, 1.82) is 0 Å². The van der Waals surface area contributed by atoms with Gasteiger partial charge in [0.25, 0.3) is 0 Å². The predicted molar refractivity (Wildman–Crippen MR) is 64.3 cm³/mol. The van der Waals surface area contributed by atoms with E-state index in [4.69, 9.17) is 17.3 Å². The molecule has 1 aromatic carbocycles. The molecule has 2 atom stereocenters. The van der Waals surface area contributed by atoms with Crippen molar-refractivity contribution < 1.29 is 18.3 Å². The minimum Gasteiger partial charge on any atom is -0.391 e. The first-order chi connectivity index (χ1) is 8.27. The first kappa shape index (κ1) is 15.3. The van der Waals surface area contributed by atoms with Crippen molar-refractivity contribution in [3.63, 3.8) is 0 Å². The van der Waals surface area contributed by atoms with Crippen LogP contribution in [0.2, 0.25) is 5.02 Å². The molecule has 1 rings (SSSR count). The summed E-state index contributed by atoms with van der Waals surface area (Å²) < 4.78 is 37.7. The van der Waals surface area contributed by atoms with Gasteiger partial charge in [0.2, 0.25) is 0 Å². The molecule has 0 bridgehead atoms. The zero-order valence-electron chi connectivity index (χ0n) is 9.84. The van der Waals surface area contributed by atoms with Crippen LogP contribution in [-0.2, 0) is 6.18 Å². The first-order valence-electron chi connectivity index (χ1n) is 5.57. The zero-order chi connectivity index (χ0) is 13.9. The van der Waals surface area contributed by atoms with Gasteiger partial charge in [-0.25, -0.2) is 0 Å². The van der Waals surface area contributed by atoms with E-state index < -0.39 is 23.9 Å². The van der Waals surface area contributed by atoms with Crippen LogP contribution in [0.15, 0.2) is 18.2 Å². The van der Waals surface area contributed by atoms with Crippen molar-refractivity contribution in [2.75, 3.05) is 0 Å². The molecule has 102 valence electrons. The molecule has 0 aliphatic carbocycles. The summed E-state index contributed by atoms with van der Waals surface area (Å²) in [6, 6.07) is 2.02. The molecule has 0 radical (unpaired) electrons. The lowest BCUT2D eigenvalue weighted by Gasteiger charge is -2.21. The van der Waals surface area contributed by atoms with E-state index in [-0.39, 0.29) is 10.6 Å². The van der Waals surface area contributed by atoms with Gasteiger partial charge >= 0.3 is 6.18 Å². The van der Waals surface area contributed by atoms with Gasteiger partial charge in [0.15, 0.2) is 0 Å². The fourth-order valence-electron chi connectivity index (χ4n) is 1.66. The van der Waals surface area contributed by atoms with Crippen LogP contribution >= 0.6 is 11.6 Å². The Hall–Kier alpha value is -0.780. The van der Waals surface area contributed by atoms with Crippen LogP contribution in [-0.4, -0.2) is 11.2 Å². The second-order valence-corrected chi connectivity index (χ2v) is 4.52. The molecule has 0 heterocycles. The van der Waals surface area contributed by atoms with Gasteiger partial charge in [0, 0.05) is 5.02 Å². The Balaban J connectivity index is 3.08. The van der Waals surface area contributed by atoms with E-state index in [1.807, 2.05) is 6.92 Å². The van der Waals surface area contributed by atoms with Crippen LogP contribution in [0.25, 0.3) is 0 Å². The Labute approximate surface area is 109 Å². The lowest BCUT2D eigenvalue weighted by molar-refractivity contribution is -0.137. The Kier molecular flexibility index (Phi) is 5.01. The van der Waals surface area contributed by atoms with Crippen molar-refractivity contribution >= 4 is 11.6 Å². The highest BCUT2D eigenvalue weighted by atomic mass is 35.5. The average Bonchev–Trinajstić information content (AvgIpc) is 2.27. The molecule has 0 saturated heterocycles. The zero-order valence-corrected chi connectivity index (χ0v) is 10.6. The summed E-state index contributed by atoms with van der Waals surface area (Å²) in [5, 5.41) is 9.85. The number of hydrogen-bond acceptors (Lipinski definition) is 2. The minimum absolute atomic E-state index is 0.118. The van der Waals surface area contributed by atoms with E-state index in [9.17, 15) is 18.3 Å². The Morgan fingerprint density at radius 1 is 1.39 bits per heavy atom. The Morgan fingerprint density at radius 2 is 2.00 bits per heavy atom. The number of rotatable bonds is 4. The maximum absolute atomic E-state index is 12.6. The van der Waals surface area contributed by atoms with E-state index in [0.29, 0.717) is 12.8 Å². The van der Waals surface area contributed by atoms with Crippen molar-refractivity contribution in [2.24, 2.45) is 5.73 Å². The van der Waals surface area contributed by atoms with Gasteiger partial charge in [-0.05, 0) is 30.2 Å². The number of hydrogen-bond donors (Lipinski definition) is 2. The molecule has 0 aliphatic heterocycles. The summed E-state index contributed by atoms with van der Waals surface area (Å²) in [5.74, 6) is 0.